The Morgan fingerprint density at radius 1 is 1.41 bits per heavy atom. The van der Waals surface area contributed by atoms with Gasteiger partial charge in [-0.05, 0) is 0 Å². The molecular formula is C10H11N3O2S2. The van der Waals surface area contributed by atoms with E-state index in [-0.39, 0.29) is 11.4 Å². The molecular weight excluding hydrogens is 258 g/mol. The molecule has 0 aliphatic heterocycles. The van der Waals surface area contributed by atoms with Crippen LogP contribution in [0, 0.1) is 0 Å². The van der Waals surface area contributed by atoms with E-state index >= 15 is 0 Å². The van der Waals surface area contributed by atoms with Crippen LogP contribution < -0.4 is 21.9 Å². The van der Waals surface area contributed by atoms with Gasteiger partial charge in [0.1, 0.15) is 16.4 Å². The number of nitrogens with one attached hydrogen (secondary N) is 1. The van der Waals surface area contributed by atoms with Gasteiger partial charge in [0, 0.05) is 29.6 Å². The van der Waals surface area contributed by atoms with Crippen LogP contribution in [0.5, 0.6) is 0 Å². The lowest BCUT2D eigenvalue weighted by Crippen LogP contribution is -2.37. The van der Waals surface area contributed by atoms with Crippen molar-refractivity contribution in [3.05, 3.63) is 37.0 Å². The van der Waals surface area contributed by atoms with Gasteiger partial charge in [-0.3, -0.25) is 9.59 Å². The monoisotopic (exact) mass is 269 g/mol. The summed E-state index contributed by atoms with van der Waals surface area (Å²) in [4.78, 5) is 26.0. The molecule has 2 aromatic rings. The summed E-state index contributed by atoms with van der Waals surface area (Å²) >= 11 is 3.34. The molecule has 5 nitrogen and oxygen atoms in total. The minimum absolute atomic E-state index is 0.0555. The number of hydrogen-bond acceptors (Lipinski definition) is 7. The Labute approximate surface area is 106 Å². The van der Waals surface area contributed by atoms with E-state index in [0.29, 0.717) is 6.54 Å². The van der Waals surface area contributed by atoms with E-state index in [1.807, 2.05) is 5.38 Å². The van der Waals surface area contributed by atoms with Gasteiger partial charge < -0.3 is 11.1 Å². The Morgan fingerprint density at radius 2 is 2.24 bits per heavy atom. The number of thiazole rings is 1. The molecule has 0 saturated carbocycles. The first-order valence-electron chi connectivity index (χ1n) is 4.99. The van der Waals surface area contributed by atoms with Gasteiger partial charge in [-0.25, -0.2) is 4.98 Å². The number of nitrogens with zero attached hydrogens (tertiary/aromatic N) is 1. The van der Waals surface area contributed by atoms with Crippen LogP contribution in [0.2, 0.25) is 0 Å². The van der Waals surface area contributed by atoms with E-state index in [2.05, 4.69) is 10.3 Å². The lowest BCUT2D eigenvalue weighted by Gasteiger charge is -2.08. The SMILES string of the molecule is Nc1c(NCCSCc2nccs2)c(=O)c1=O. The molecule has 0 fully saturated rings. The highest BCUT2D eigenvalue weighted by atomic mass is 32.2. The first-order chi connectivity index (χ1) is 8.20. The van der Waals surface area contributed by atoms with Gasteiger partial charge in [0.15, 0.2) is 0 Å². The quantitative estimate of drug-likeness (QED) is 0.592. The van der Waals surface area contributed by atoms with Gasteiger partial charge in [0.05, 0.1) is 0 Å². The first kappa shape index (κ1) is 12.1. The Bertz CT molecular complexity index is 558. The lowest BCUT2D eigenvalue weighted by molar-refractivity contribution is 1.19. The molecule has 1 aromatic carbocycles. The molecule has 0 atom stereocenters. The molecule has 0 aliphatic rings. The highest BCUT2D eigenvalue weighted by Crippen LogP contribution is 2.14. The Balaban J connectivity index is 1.67. The van der Waals surface area contributed by atoms with E-state index in [0.717, 1.165) is 16.5 Å². The zero-order valence-corrected chi connectivity index (χ0v) is 10.6. The van der Waals surface area contributed by atoms with Crippen molar-refractivity contribution in [1.29, 1.82) is 0 Å². The van der Waals surface area contributed by atoms with Crippen molar-refractivity contribution in [2.45, 2.75) is 5.75 Å². The minimum atomic E-state index is -0.581. The molecule has 2 rings (SSSR count). The van der Waals surface area contributed by atoms with Gasteiger partial charge in [-0.1, -0.05) is 0 Å². The van der Waals surface area contributed by atoms with Gasteiger partial charge >= 0.3 is 0 Å². The number of thioether (sulfide) groups is 1. The van der Waals surface area contributed by atoms with E-state index in [1.165, 1.54) is 0 Å². The number of anilines is 2. The first-order valence-corrected chi connectivity index (χ1v) is 7.02. The molecule has 0 unspecified atom stereocenters. The van der Waals surface area contributed by atoms with Crippen molar-refractivity contribution >= 4 is 34.5 Å². The largest absolute Gasteiger partial charge is 0.394 e. The van der Waals surface area contributed by atoms with Gasteiger partial charge in [0.2, 0.25) is 0 Å². The predicted molar refractivity (Wildman–Crippen MR) is 72.5 cm³/mol. The maximum absolute atomic E-state index is 11.1. The standard InChI is InChI=1S/C10H11N3O2S2/c11-7-8(10(15)9(7)14)13-1-3-16-5-6-12-2-4-17-6/h2,4,13H,1,3,5,11H2. The van der Waals surface area contributed by atoms with Crippen molar-refractivity contribution in [1.82, 2.24) is 4.98 Å². The zero-order valence-electron chi connectivity index (χ0n) is 8.93. The number of hydrogen-bond donors (Lipinski definition) is 2. The van der Waals surface area contributed by atoms with E-state index in [1.54, 1.807) is 29.3 Å². The summed E-state index contributed by atoms with van der Waals surface area (Å²) < 4.78 is 0. The van der Waals surface area contributed by atoms with Crippen LogP contribution in [-0.2, 0) is 5.75 Å². The third-order valence-corrected chi connectivity index (χ3v) is 4.14. The van der Waals surface area contributed by atoms with Crippen molar-refractivity contribution < 1.29 is 0 Å². The van der Waals surface area contributed by atoms with Crippen LogP contribution in [0.3, 0.4) is 0 Å². The number of nitrogen functional groups attached to an aromatic ring is 1. The molecule has 0 radical (unpaired) electrons. The molecule has 1 aromatic heterocycles. The van der Waals surface area contributed by atoms with Gasteiger partial charge in [-0.2, -0.15) is 11.8 Å². The Morgan fingerprint density at radius 3 is 2.88 bits per heavy atom. The highest BCUT2D eigenvalue weighted by molar-refractivity contribution is 7.98. The molecule has 17 heavy (non-hydrogen) atoms. The van der Waals surface area contributed by atoms with E-state index < -0.39 is 10.9 Å². The van der Waals surface area contributed by atoms with Crippen LogP contribution in [-0.4, -0.2) is 17.3 Å². The molecule has 0 saturated heterocycles. The summed E-state index contributed by atoms with van der Waals surface area (Å²) in [6.45, 7) is 0.616. The smallest absolute Gasteiger partial charge is 0.253 e. The summed E-state index contributed by atoms with van der Waals surface area (Å²) in [5.74, 6) is 1.69. The summed E-state index contributed by atoms with van der Waals surface area (Å²) in [6, 6.07) is 0. The van der Waals surface area contributed by atoms with Crippen molar-refractivity contribution in [3.63, 3.8) is 0 Å². The minimum Gasteiger partial charge on any atom is -0.394 e. The molecule has 90 valence electrons. The van der Waals surface area contributed by atoms with Crippen molar-refractivity contribution in [3.8, 4) is 0 Å². The zero-order chi connectivity index (χ0) is 12.3. The lowest BCUT2D eigenvalue weighted by atomic mass is 10.2. The summed E-state index contributed by atoms with van der Waals surface area (Å²) in [5.41, 5.74) is 4.62. The molecule has 1 heterocycles. The van der Waals surface area contributed by atoms with Crippen LogP contribution in [0.15, 0.2) is 21.2 Å². The maximum Gasteiger partial charge on any atom is 0.253 e. The van der Waals surface area contributed by atoms with Crippen LogP contribution >= 0.6 is 23.1 Å². The molecule has 0 amide bonds. The number of rotatable bonds is 6. The van der Waals surface area contributed by atoms with Crippen LogP contribution in [0.25, 0.3) is 0 Å². The fourth-order valence-electron chi connectivity index (χ4n) is 1.32. The number of nitrogens with two attached hydrogens (primary N) is 1. The maximum atomic E-state index is 11.1. The van der Waals surface area contributed by atoms with Crippen molar-refractivity contribution in [2.24, 2.45) is 0 Å². The van der Waals surface area contributed by atoms with E-state index in [4.69, 9.17) is 5.73 Å². The highest BCUT2D eigenvalue weighted by Gasteiger charge is 2.16. The normalized spacial score (nSPS) is 10.8. The van der Waals surface area contributed by atoms with Gasteiger partial charge in [0.25, 0.3) is 10.9 Å². The summed E-state index contributed by atoms with van der Waals surface area (Å²) in [5, 5.41) is 5.90. The summed E-state index contributed by atoms with van der Waals surface area (Å²) in [7, 11) is 0. The fourth-order valence-corrected chi connectivity index (χ4v) is 2.88. The third-order valence-electron chi connectivity index (χ3n) is 2.20. The second-order valence-electron chi connectivity index (χ2n) is 3.35. The predicted octanol–water partition coefficient (Wildman–Crippen LogP) is 0.667. The Kier molecular flexibility index (Phi) is 3.80. The van der Waals surface area contributed by atoms with Crippen LogP contribution in [0.4, 0.5) is 11.4 Å². The molecule has 0 spiro atoms. The average molecular weight is 269 g/mol. The van der Waals surface area contributed by atoms with Crippen molar-refractivity contribution in [2.75, 3.05) is 23.3 Å². The third kappa shape index (κ3) is 2.67. The molecule has 3 N–H and O–H groups in total. The molecule has 0 bridgehead atoms. The second kappa shape index (κ2) is 5.33. The topological polar surface area (TPSA) is 85.1 Å². The second-order valence-corrected chi connectivity index (χ2v) is 5.44. The fraction of sp³-hybridized carbons (Fsp3) is 0.300. The van der Waals surface area contributed by atoms with E-state index in [9.17, 15) is 9.59 Å². The van der Waals surface area contributed by atoms with Gasteiger partial charge in [-0.15, -0.1) is 11.3 Å². The number of aromatic nitrogens is 1. The Hall–Kier alpha value is -1.34. The van der Waals surface area contributed by atoms with Crippen LogP contribution in [0.1, 0.15) is 5.01 Å². The molecule has 7 heteroatoms. The summed E-state index contributed by atoms with van der Waals surface area (Å²) in [6.07, 6.45) is 1.78. The average Bonchev–Trinajstić information content (AvgIpc) is 2.85. The molecule has 0 aliphatic carbocycles.